The Hall–Kier alpha value is -1.67. The van der Waals surface area contributed by atoms with Crippen molar-refractivity contribution >= 4 is 34.9 Å². The summed E-state index contributed by atoms with van der Waals surface area (Å²) in [4.78, 5) is 14.3. The third-order valence-electron chi connectivity index (χ3n) is 5.80. The summed E-state index contributed by atoms with van der Waals surface area (Å²) in [6.07, 6.45) is 10.0. The van der Waals surface area contributed by atoms with Crippen molar-refractivity contribution in [1.82, 2.24) is 15.3 Å². The van der Waals surface area contributed by atoms with E-state index in [2.05, 4.69) is 26.5 Å². The van der Waals surface area contributed by atoms with E-state index in [1.807, 2.05) is 0 Å². The Balaban J connectivity index is 1.46. The molecule has 7 nitrogen and oxygen atoms in total. The van der Waals surface area contributed by atoms with Crippen molar-refractivity contribution in [2.75, 3.05) is 54.4 Å². The van der Waals surface area contributed by atoms with Crippen LogP contribution in [0.1, 0.15) is 51.4 Å². The van der Waals surface area contributed by atoms with Crippen LogP contribution in [0.2, 0.25) is 0 Å². The minimum Gasteiger partial charge on any atom is -0.376 e. The molecule has 0 amide bonds. The quantitative estimate of drug-likeness (QED) is 0.727. The molecule has 4 heterocycles. The number of rotatable bonds is 5. The molecule has 8 heteroatoms. The Morgan fingerprint density at radius 2 is 1.57 bits per heavy atom. The molecule has 0 spiro atoms. The maximum absolute atomic E-state index is 5.66. The van der Waals surface area contributed by atoms with E-state index in [1.54, 1.807) is 0 Å². The Morgan fingerprint density at radius 1 is 0.964 bits per heavy atom. The van der Waals surface area contributed by atoms with Gasteiger partial charge in [-0.1, -0.05) is 0 Å². The number of nitrogens with zero attached hydrogens (tertiary/aromatic N) is 4. The van der Waals surface area contributed by atoms with E-state index in [4.69, 9.17) is 26.9 Å². The highest BCUT2D eigenvalue weighted by Gasteiger charge is 2.20. The van der Waals surface area contributed by atoms with Gasteiger partial charge in [0.25, 0.3) is 0 Å². The number of hydrogen-bond donors (Lipinski definition) is 2. The maximum Gasteiger partial charge on any atom is 0.232 e. The van der Waals surface area contributed by atoms with E-state index in [0.717, 1.165) is 63.8 Å². The van der Waals surface area contributed by atoms with Gasteiger partial charge in [0.15, 0.2) is 5.11 Å². The molecule has 3 saturated heterocycles. The fourth-order valence-corrected chi connectivity index (χ4v) is 4.38. The van der Waals surface area contributed by atoms with E-state index in [9.17, 15) is 0 Å². The molecule has 4 rings (SSSR count). The van der Waals surface area contributed by atoms with Gasteiger partial charge in [0, 0.05) is 45.4 Å². The number of anilines is 3. The van der Waals surface area contributed by atoms with Gasteiger partial charge in [-0.05, 0) is 63.6 Å². The van der Waals surface area contributed by atoms with Gasteiger partial charge in [-0.2, -0.15) is 9.97 Å². The van der Waals surface area contributed by atoms with Crippen molar-refractivity contribution in [2.24, 2.45) is 0 Å². The number of nitrogens with one attached hydrogen (secondary N) is 2. The molecule has 2 N–H and O–H groups in total. The van der Waals surface area contributed by atoms with Gasteiger partial charge in [-0.15, -0.1) is 0 Å². The van der Waals surface area contributed by atoms with Crippen LogP contribution in [0.3, 0.4) is 0 Å². The highest BCUT2D eigenvalue weighted by molar-refractivity contribution is 7.80. The smallest absolute Gasteiger partial charge is 0.232 e. The number of piperidine rings is 2. The zero-order chi connectivity index (χ0) is 19.2. The number of ether oxygens (including phenoxy) is 1. The lowest BCUT2D eigenvalue weighted by Crippen LogP contribution is -2.36. The predicted molar refractivity (Wildman–Crippen MR) is 117 cm³/mol. The van der Waals surface area contributed by atoms with Crippen molar-refractivity contribution in [2.45, 2.75) is 57.5 Å². The minimum absolute atomic E-state index is 0.254. The van der Waals surface area contributed by atoms with Gasteiger partial charge in [-0.3, -0.25) is 0 Å². The van der Waals surface area contributed by atoms with Gasteiger partial charge in [-0.25, -0.2) is 0 Å². The van der Waals surface area contributed by atoms with Crippen LogP contribution in [-0.2, 0) is 4.74 Å². The van der Waals surface area contributed by atoms with E-state index in [1.165, 1.54) is 38.5 Å². The van der Waals surface area contributed by atoms with Crippen molar-refractivity contribution in [3.63, 3.8) is 0 Å². The second-order valence-electron chi connectivity index (χ2n) is 7.97. The van der Waals surface area contributed by atoms with Crippen LogP contribution in [-0.4, -0.2) is 60.5 Å². The van der Waals surface area contributed by atoms with Crippen LogP contribution >= 0.6 is 12.2 Å². The monoisotopic (exact) mass is 404 g/mol. The van der Waals surface area contributed by atoms with Crippen molar-refractivity contribution in [3.05, 3.63) is 6.07 Å². The molecule has 3 fully saturated rings. The fraction of sp³-hybridized carbons (Fsp3) is 0.750. The van der Waals surface area contributed by atoms with Crippen LogP contribution in [0.5, 0.6) is 0 Å². The molecule has 1 aromatic rings. The Bertz CT molecular complexity index is 618. The third kappa shape index (κ3) is 5.23. The summed E-state index contributed by atoms with van der Waals surface area (Å²) < 4.78 is 5.66. The van der Waals surface area contributed by atoms with E-state index in [0.29, 0.717) is 11.1 Å². The van der Waals surface area contributed by atoms with Crippen LogP contribution in [0.4, 0.5) is 17.6 Å². The Morgan fingerprint density at radius 3 is 2.11 bits per heavy atom. The van der Waals surface area contributed by atoms with Gasteiger partial charge in [0.2, 0.25) is 5.95 Å². The first kappa shape index (κ1) is 19.6. The summed E-state index contributed by atoms with van der Waals surface area (Å²) in [6, 6.07) is 2.16. The average molecular weight is 405 g/mol. The summed E-state index contributed by atoms with van der Waals surface area (Å²) in [6.45, 7) is 5.85. The SMILES string of the molecule is S=C(NC[C@H]1CCCO1)Nc1nc(N2CCCCC2)cc(N2CCCCC2)n1. The molecule has 28 heavy (non-hydrogen) atoms. The summed E-state index contributed by atoms with van der Waals surface area (Å²) >= 11 is 5.49. The highest BCUT2D eigenvalue weighted by atomic mass is 32.1. The maximum atomic E-state index is 5.66. The molecule has 154 valence electrons. The summed E-state index contributed by atoms with van der Waals surface area (Å²) in [5.41, 5.74) is 0. The van der Waals surface area contributed by atoms with Crippen LogP contribution < -0.4 is 20.4 Å². The number of thiocarbonyl (C=S) groups is 1. The van der Waals surface area contributed by atoms with Gasteiger partial charge >= 0.3 is 0 Å². The first-order valence-electron chi connectivity index (χ1n) is 10.8. The molecule has 0 bridgehead atoms. The molecule has 3 aliphatic heterocycles. The standard InChI is InChI=1S/C20H32N6OS/c28-20(21-15-16-8-7-13-27-16)24-19-22-17(25-9-3-1-4-10-25)14-18(23-19)26-11-5-2-6-12-26/h14,16H,1-13,15H2,(H2,21,22,23,24,28)/t16-/m1/s1. The number of aromatic nitrogens is 2. The molecule has 0 saturated carbocycles. The van der Waals surface area contributed by atoms with Crippen LogP contribution in [0, 0.1) is 0 Å². The highest BCUT2D eigenvalue weighted by Crippen LogP contribution is 2.26. The van der Waals surface area contributed by atoms with E-state index in [-0.39, 0.29) is 6.10 Å². The summed E-state index contributed by atoms with van der Waals surface area (Å²) in [5, 5.41) is 7.04. The van der Waals surface area contributed by atoms with Gasteiger partial charge in [0.1, 0.15) is 11.6 Å². The molecule has 1 atom stereocenters. The summed E-state index contributed by atoms with van der Waals surface area (Å²) in [7, 11) is 0. The molecule has 0 unspecified atom stereocenters. The minimum atomic E-state index is 0.254. The third-order valence-corrected chi connectivity index (χ3v) is 6.05. The molecule has 1 aromatic heterocycles. The molecule has 0 aromatic carbocycles. The van der Waals surface area contributed by atoms with Crippen LogP contribution in [0.15, 0.2) is 6.07 Å². The van der Waals surface area contributed by atoms with Crippen molar-refractivity contribution in [3.8, 4) is 0 Å². The van der Waals surface area contributed by atoms with Gasteiger partial charge in [0.05, 0.1) is 6.10 Å². The predicted octanol–water partition coefficient (Wildman–Crippen LogP) is 2.92. The van der Waals surface area contributed by atoms with E-state index >= 15 is 0 Å². The Kier molecular flexibility index (Phi) is 6.80. The topological polar surface area (TPSA) is 65.6 Å². The first-order chi connectivity index (χ1) is 13.8. The lowest BCUT2D eigenvalue weighted by molar-refractivity contribution is 0.114. The molecule has 0 radical (unpaired) electrons. The van der Waals surface area contributed by atoms with Crippen LogP contribution in [0.25, 0.3) is 0 Å². The Labute approximate surface area is 173 Å². The molecular formula is C20H32N6OS. The van der Waals surface area contributed by atoms with Crippen molar-refractivity contribution < 1.29 is 4.74 Å². The van der Waals surface area contributed by atoms with Crippen molar-refractivity contribution in [1.29, 1.82) is 0 Å². The lowest BCUT2D eigenvalue weighted by Gasteiger charge is -2.31. The first-order valence-corrected chi connectivity index (χ1v) is 11.2. The zero-order valence-corrected chi connectivity index (χ0v) is 17.5. The summed E-state index contributed by atoms with van der Waals surface area (Å²) in [5.74, 6) is 2.62. The normalized spacial score (nSPS) is 22.9. The largest absolute Gasteiger partial charge is 0.376 e. The van der Waals surface area contributed by atoms with Gasteiger partial charge < -0.3 is 25.2 Å². The average Bonchev–Trinajstić information content (AvgIpc) is 3.27. The van der Waals surface area contributed by atoms with E-state index < -0.39 is 0 Å². The second kappa shape index (κ2) is 9.69. The molecule has 3 aliphatic rings. The lowest BCUT2D eigenvalue weighted by atomic mass is 10.1. The zero-order valence-electron chi connectivity index (χ0n) is 16.7. The second-order valence-corrected chi connectivity index (χ2v) is 8.38. The fourth-order valence-electron chi connectivity index (χ4n) is 4.21. The molecular weight excluding hydrogens is 372 g/mol. The molecule has 0 aliphatic carbocycles. The number of hydrogen-bond acceptors (Lipinski definition) is 6.